The van der Waals surface area contributed by atoms with Gasteiger partial charge in [0.05, 0.1) is 6.61 Å². The number of nitrogens with one attached hydrogen (secondary N) is 1. The van der Waals surface area contributed by atoms with Gasteiger partial charge >= 0.3 is 0 Å². The van der Waals surface area contributed by atoms with Crippen molar-refractivity contribution in [2.45, 2.75) is 0 Å². The van der Waals surface area contributed by atoms with Crippen LogP contribution < -0.4 is 0 Å². The van der Waals surface area contributed by atoms with Crippen LogP contribution in [0, 0.1) is 0 Å². The topological polar surface area (TPSA) is 36.0 Å². The first-order chi connectivity index (χ1) is 6.81. The molecule has 1 heterocycles. The molecule has 0 aliphatic carbocycles. The Kier molecular flexibility index (Phi) is 2.57. The van der Waals surface area contributed by atoms with Crippen LogP contribution in [0.5, 0.6) is 0 Å². The molecule has 1 aromatic heterocycles. The second-order valence-electron chi connectivity index (χ2n) is 3.02. The number of aromatic nitrogens is 1. The van der Waals surface area contributed by atoms with Crippen molar-refractivity contribution in [3.8, 4) is 0 Å². The number of aromatic amines is 1. The Balaban J connectivity index is 2.53. The van der Waals surface area contributed by atoms with Crippen molar-refractivity contribution in [1.29, 1.82) is 0 Å². The molecule has 2 N–H and O–H groups in total. The van der Waals surface area contributed by atoms with Gasteiger partial charge in [0.2, 0.25) is 0 Å². The van der Waals surface area contributed by atoms with Gasteiger partial charge in [0.15, 0.2) is 0 Å². The van der Waals surface area contributed by atoms with Gasteiger partial charge < -0.3 is 10.1 Å². The zero-order valence-electron chi connectivity index (χ0n) is 7.50. The highest BCUT2D eigenvalue weighted by atomic mass is 35.5. The number of rotatable bonds is 2. The van der Waals surface area contributed by atoms with Gasteiger partial charge in [-0.25, -0.2) is 0 Å². The maximum atomic E-state index is 8.66. The number of fused-ring (bicyclic) bond motifs is 1. The monoisotopic (exact) mass is 207 g/mol. The first kappa shape index (κ1) is 9.31. The summed E-state index contributed by atoms with van der Waals surface area (Å²) in [6.07, 6.45) is 5.36. The van der Waals surface area contributed by atoms with E-state index in [1.807, 2.05) is 30.5 Å². The number of aliphatic hydroxyl groups excluding tert-OH is 1. The van der Waals surface area contributed by atoms with Gasteiger partial charge in [0, 0.05) is 22.1 Å². The fraction of sp³-hybridized carbons (Fsp3) is 0.0909. The number of hydrogen-bond acceptors (Lipinski definition) is 1. The third-order valence-corrected chi connectivity index (χ3v) is 2.40. The van der Waals surface area contributed by atoms with Gasteiger partial charge in [0.25, 0.3) is 0 Å². The molecule has 2 nitrogen and oxygen atoms in total. The minimum Gasteiger partial charge on any atom is -0.392 e. The van der Waals surface area contributed by atoms with Crippen molar-refractivity contribution >= 4 is 28.6 Å². The van der Waals surface area contributed by atoms with Crippen molar-refractivity contribution in [2.75, 3.05) is 6.61 Å². The van der Waals surface area contributed by atoms with Crippen LogP contribution in [-0.4, -0.2) is 16.7 Å². The maximum Gasteiger partial charge on any atom is 0.0615 e. The summed E-state index contributed by atoms with van der Waals surface area (Å²) in [7, 11) is 0. The van der Waals surface area contributed by atoms with E-state index < -0.39 is 0 Å². The predicted molar refractivity (Wildman–Crippen MR) is 59.4 cm³/mol. The Labute approximate surface area is 86.8 Å². The lowest BCUT2D eigenvalue weighted by atomic mass is 10.1. The lowest BCUT2D eigenvalue weighted by Gasteiger charge is -1.98. The zero-order chi connectivity index (χ0) is 9.97. The Morgan fingerprint density at radius 2 is 2.29 bits per heavy atom. The number of benzene rings is 1. The standard InChI is InChI=1S/C11H10ClNO/c12-10-7-11-9(3-4-13-11)6-8(10)2-1-5-14/h1-4,6-7,13-14H,5H2. The zero-order valence-corrected chi connectivity index (χ0v) is 8.25. The summed E-state index contributed by atoms with van der Waals surface area (Å²) in [6, 6.07) is 5.86. The lowest BCUT2D eigenvalue weighted by Crippen LogP contribution is -1.78. The SMILES string of the molecule is OCC=Cc1cc2cc[nH]c2cc1Cl. The second-order valence-corrected chi connectivity index (χ2v) is 3.43. The molecule has 0 spiro atoms. The normalized spacial score (nSPS) is 11.6. The van der Waals surface area contributed by atoms with E-state index >= 15 is 0 Å². The van der Waals surface area contributed by atoms with E-state index in [0.29, 0.717) is 5.02 Å². The largest absolute Gasteiger partial charge is 0.392 e. The molecule has 2 aromatic rings. The third kappa shape index (κ3) is 1.67. The van der Waals surface area contributed by atoms with Gasteiger partial charge in [-0.2, -0.15) is 0 Å². The molecule has 0 radical (unpaired) electrons. The third-order valence-electron chi connectivity index (χ3n) is 2.07. The van der Waals surface area contributed by atoms with Crippen LogP contribution in [0.4, 0.5) is 0 Å². The lowest BCUT2D eigenvalue weighted by molar-refractivity contribution is 0.343. The molecule has 1 aromatic carbocycles. The van der Waals surface area contributed by atoms with Crippen molar-refractivity contribution in [1.82, 2.24) is 4.98 Å². The summed E-state index contributed by atoms with van der Waals surface area (Å²) in [4.78, 5) is 3.09. The van der Waals surface area contributed by atoms with E-state index in [9.17, 15) is 0 Å². The van der Waals surface area contributed by atoms with Crippen molar-refractivity contribution in [3.63, 3.8) is 0 Å². The second kappa shape index (κ2) is 3.86. The summed E-state index contributed by atoms with van der Waals surface area (Å²) < 4.78 is 0. The molecule has 0 saturated heterocycles. The Bertz CT molecular complexity index is 473. The first-order valence-corrected chi connectivity index (χ1v) is 4.73. The Morgan fingerprint density at radius 1 is 1.43 bits per heavy atom. The molecule has 2 rings (SSSR count). The van der Waals surface area contributed by atoms with Crippen LogP contribution in [0.2, 0.25) is 5.02 Å². The molecule has 0 saturated carbocycles. The van der Waals surface area contributed by atoms with Gasteiger partial charge in [-0.3, -0.25) is 0 Å². The summed E-state index contributed by atoms with van der Waals surface area (Å²) in [5.74, 6) is 0. The van der Waals surface area contributed by atoms with Crippen molar-refractivity contribution < 1.29 is 5.11 Å². The van der Waals surface area contributed by atoms with E-state index in [1.54, 1.807) is 6.08 Å². The first-order valence-electron chi connectivity index (χ1n) is 4.35. The van der Waals surface area contributed by atoms with Crippen molar-refractivity contribution in [2.24, 2.45) is 0 Å². The molecule has 14 heavy (non-hydrogen) atoms. The average Bonchev–Trinajstić information content (AvgIpc) is 2.61. The van der Waals surface area contributed by atoms with E-state index in [1.165, 1.54) is 0 Å². The molecular weight excluding hydrogens is 198 g/mol. The minimum atomic E-state index is 0.0293. The fourth-order valence-electron chi connectivity index (χ4n) is 1.40. The Morgan fingerprint density at radius 3 is 3.07 bits per heavy atom. The molecule has 0 amide bonds. The van der Waals surface area contributed by atoms with Gasteiger partial charge in [-0.05, 0) is 23.8 Å². The molecular formula is C11H10ClNO. The van der Waals surface area contributed by atoms with E-state index in [2.05, 4.69) is 4.98 Å². The van der Waals surface area contributed by atoms with Crippen LogP contribution in [-0.2, 0) is 0 Å². The molecule has 0 aliphatic rings. The number of halogens is 1. The smallest absolute Gasteiger partial charge is 0.0615 e. The number of hydrogen-bond donors (Lipinski definition) is 2. The molecule has 0 unspecified atom stereocenters. The summed E-state index contributed by atoms with van der Waals surface area (Å²) in [6.45, 7) is 0.0293. The quantitative estimate of drug-likeness (QED) is 0.781. The van der Waals surface area contributed by atoms with E-state index in [4.69, 9.17) is 16.7 Å². The molecule has 72 valence electrons. The fourth-order valence-corrected chi connectivity index (χ4v) is 1.63. The molecule has 0 bridgehead atoms. The van der Waals surface area contributed by atoms with Crippen LogP contribution in [0.1, 0.15) is 5.56 Å². The van der Waals surface area contributed by atoms with Gasteiger partial charge in [-0.15, -0.1) is 0 Å². The highest BCUT2D eigenvalue weighted by molar-refractivity contribution is 6.32. The van der Waals surface area contributed by atoms with E-state index in [0.717, 1.165) is 16.5 Å². The van der Waals surface area contributed by atoms with Crippen molar-refractivity contribution in [3.05, 3.63) is 41.1 Å². The summed E-state index contributed by atoms with van der Waals surface area (Å²) in [5, 5.41) is 10.5. The van der Waals surface area contributed by atoms with Crippen LogP contribution >= 0.6 is 11.6 Å². The average molecular weight is 208 g/mol. The van der Waals surface area contributed by atoms with Crippen LogP contribution in [0.15, 0.2) is 30.5 Å². The van der Waals surface area contributed by atoms with Gasteiger partial charge in [-0.1, -0.05) is 23.8 Å². The molecule has 0 fully saturated rings. The molecule has 0 aliphatic heterocycles. The highest BCUT2D eigenvalue weighted by Crippen LogP contribution is 2.24. The van der Waals surface area contributed by atoms with E-state index in [-0.39, 0.29) is 6.61 Å². The Hall–Kier alpha value is -1.25. The number of aliphatic hydroxyl groups is 1. The van der Waals surface area contributed by atoms with Gasteiger partial charge in [0.1, 0.15) is 0 Å². The van der Waals surface area contributed by atoms with Crippen LogP contribution in [0.3, 0.4) is 0 Å². The summed E-state index contributed by atoms with van der Waals surface area (Å²) >= 11 is 6.04. The molecule has 3 heteroatoms. The maximum absolute atomic E-state index is 8.66. The summed E-state index contributed by atoms with van der Waals surface area (Å²) in [5.41, 5.74) is 1.95. The minimum absolute atomic E-state index is 0.0293. The molecule has 0 atom stereocenters. The predicted octanol–water partition coefficient (Wildman–Crippen LogP) is 2.83. The highest BCUT2D eigenvalue weighted by Gasteiger charge is 2.00. The number of H-pyrrole nitrogens is 1. The van der Waals surface area contributed by atoms with Crippen LogP contribution in [0.25, 0.3) is 17.0 Å².